The molecule has 0 fully saturated rings. The van der Waals surface area contributed by atoms with Gasteiger partial charge in [-0.2, -0.15) is 4.98 Å². The van der Waals surface area contributed by atoms with Gasteiger partial charge in [0.15, 0.2) is 5.65 Å². The third kappa shape index (κ3) is 4.42. The van der Waals surface area contributed by atoms with E-state index in [1.54, 1.807) is 6.07 Å². The van der Waals surface area contributed by atoms with Crippen molar-refractivity contribution in [2.45, 2.75) is 19.0 Å². The van der Waals surface area contributed by atoms with Gasteiger partial charge in [-0.25, -0.2) is 22.1 Å². The summed E-state index contributed by atoms with van der Waals surface area (Å²) in [5, 5.41) is 16.0. The van der Waals surface area contributed by atoms with Crippen molar-refractivity contribution in [3.05, 3.63) is 83.1 Å². The number of fused-ring (bicyclic) bond motifs is 1. The fourth-order valence-corrected chi connectivity index (χ4v) is 3.61. The predicted molar refractivity (Wildman–Crippen MR) is 116 cm³/mol. The highest BCUT2D eigenvalue weighted by Gasteiger charge is 2.40. The number of rotatable bonds is 6. The van der Waals surface area contributed by atoms with Gasteiger partial charge in [-0.3, -0.25) is 4.79 Å². The number of pyridine rings is 1. The maximum atomic E-state index is 14.7. The van der Waals surface area contributed by atoms with Crippen molar-refractivity contribution in [1.82, 2.24) is 19.9 Å². The molecule has 34 heavy (non-hydrogen) atoms. The summed E-state index contributed by atoms with van der Waals surface area (Å²) >= 11 is 0. The number of hydrogen-bond acceptors (Lipinski definition) is 5. The van der Waals surface area contributed by atoms with Gasteiger partial charge in [0.25, 0.3) is 11.8 Å². The molecule has 4 aromatic rings. The molecular weight excluding hydrogens is 454 g/mol. The number of aliphatic hydroxyl groups is 1. The van der Waals surface area contributed by atoms with Crippen LogP contribution in [-0.4, -0.2) is 38.1 Å². The zero-order chi connectivity index (χ0) is 24.6. The van der Waals surface area contributed by atoms with Crippen LogP contribution in [0.2, 0.25) is 0 Å². The summed E-state index contributed by atoms with van der Waals surface area (Å²) in [4.78, 5) is 16.7. The lowest BCUT2D eigenvalue weighted by Crippen LogP contribution is -2.41. The van der Waals surface area contributed by atoms with Crippen LogP contribution in [0.25, 0.3) is 16.8 Å². The summed E-state index contributed by atoms with van der Waals surface area (Å²) in [5.41, 5.74) is 6.40. The Morgan fingerprint density at radius 2 is 1.88 bits per heavy atom. The van der Waals surface area contributed by atoms with Gasteiger partial charge in [0.05, 0.1) is 6.54 Å². The average Bonchev–Trinajstić information content (AvgIpc) is 3.17. The van der Waals surface area contributed by atoms with Crippen molar-refractivity contribution in [3.63, 3.8) is 0 Å². The van der Waals surface area contributed by atoms with Gasteiger partial charge in [-0.15, -0.1) is 5.10 Å². The number of carbonyl (C=O) groups excluding carboxylic acids is 1. The maximum Gasteiger partial charge on any atom is 0.294 e. The number of halogens is 4. The number of aromatic nitrogens is 3. The van der Waals surface area contributed by atoms with E-state index in [-0.39, 0.29) is 28.2 Å². The molecule has 176 valence electrons. The zero-order valence-electron chi connectivity index (χ0n) is 17.8. The van der Waals surface area contributed by atoms with Crippen molar-refractivity contribution < 1.29 is 27.5 Å². The molecule has 2 aromatic heterocycles. The van der Waals surface area contributed by atoms with E-state index in [1.165, 1.54) is 29.8 Å². The van der Waals surface area contributed by atoms with Crippen LogP contribution in [0.5, 0.6) is 0 Å². The minimum absolute atomic E-state index is 0.0238. The number of amides is 1. The molecule has 4 N–H and O–H groups in total. The first-order valence-electron chi connectivity index (χ1n) is 10.1. The second-order valence-electron chi connectivity index (χ2n) is 7.68. The predicted octanol–water partition coefficient (Wildman–Crippen LogP) is 3.66. The van der Waals surface area contributed by atoms with Crippen LogP contribution in [0.15, 0.2) is 54.7 Å². The topological polar surface area (TPSA) is 106 Å². The largest absolute Gasteiger partial charge is 0.382 e. The standard InChI is InChI=1S/C23H19F4N5O2/c1-12-16(21(34)29-11-23(26,27)20(33)13-2-4-15(24)5-3-13)6-7-17(25)19(12)14-8-9-32-18(10-14)30-22(28)31-32/h2-10,20,33H,11H2,1H3,(H2,28,31)(H,29,34). The fraction of sp³-hybridized carbons (Fsp3) is 0.174. The monoisotopic (exact) mass is 473 g/mol. The van der Waals surface area contributed by atoms with Crippen LogP contribution in [0.3, 0.4) is 0 Å². The number of nitrogens with zero attached hydrogens (tertiary/aromatic N) is 3. The van der Waals surface area contributed by atoms with E-state index in [9.17, 15) is 27.5 Å². The summed E-state index contributed by atoms with van der Waals surface area (Å²) in [6, 6.07) is 9.30. The van der Waals surface area contributed by atoms with Gasteiger partial charge in [-0.05, 0) is 60.0 Å². The molecule has 0 saturated heterocycles. The molecule has 1 amide bonds. The third-order valence-corrected chi connectivity index (χ3v) is 5.37. The van der Waals surface area contributed by atoms with Gasteiger partial charge in [0.1, 0.15) is 17.7 Å². The van der Waals surface area contributed by atoms with E-state index in [1.807, 2.05) is 0 Å². The molecule has 0 saturated carbocycles. The first-order valence-corrected chi connectivity index (χ1v) is 10.1. The number of hydrogen-bond donors (Lipinski definition) is 3. The summed E-state index contributed by atoms with van der Waals surface area (Å²) < 4.78 is 58.1. The van der Waals surface area contributed by atoms with E-state index in [0.29, 0.717) is 11.2 Å². The molecule has 1 atom stereocenters. The average molecular weight is 473 g/mol. The second-order valence-corrected chi connectivity index (χ2v) is 7.68. The molecule has 0 aliphatic rings. The summed E-state index contributed by atoms with van der Waals surface area (Å²) in [6.45, 7) is 0.294. The number of carbonyl (C=O) groups is 1. The Morgan fingerprint density at radius 3 is 2.59 bits per heavy atom. The molecule has 0 aliphatic heterocycles. The zero-order valence-corrected chi connectivity index (χ0v) is 17.8. The molecule has 0 bridgehead atoms. The van der Waals surface area contributed by atoms with Crippen LogP contribution in [0.1, 0.15) is 27.6 Å². The number of anilines is 1. The Morgan fingerprint density at radius 1 is 1.18 bits per heavy atom. The van der Waals surface area contributed by atoms with Crippen LogP contribution in [-0.2, 0) is 0 Å². The van der Waals surface area contributed by atoms with Gasteiger partial charge in [-0.1, -0.05) is 12.1 Å². The summed E-state index contributed by atoms with van der Waals surface area (Å²) in [6.07, 6.45) is -0.738. The smallest absolute Gasteiger partial charge is 0.294 e. The van der Waals surface area contributed by atoms with Crippen LogP contribution < -0.4 is 11.1 Å². The molecule has 2 heterocycles. The third-order valence-electron chi connectivity index (χ3n) is 5.37. The quantitative estimate of drug-likeness (QED) is 0.371. The first-order chi connectivity index (χ1) is 16.1. The Labute approximate surface area is 190 Å². The minimum atomic E-state index is -3.75. The Hall–Kier alpha value is -3.99. The molecule has 0 radical (unpaired) electrons. The Bertz CT molecular complexity index is 1370. The molecule has 0 aliphatic carbocycles. The minimum Gasteiger partial charge on any atom is -0.382 e. The number of benzene rings is 2. The maximum absolute atomic E-state index is 14.7. The number of aliphatic hydroxyl groups excluding tert-OH is 1. The molecule has 2 aromatic carbocycles. The van der Waals surface area contributed by atoms with Crippen LogP contribution >= 0.6 is 0 Å². The van der Waals surface area contributed by atoms with Crippen molar-refractivity contribution in [3.8, 4) is 11.1 Å². The number of alkyl halides is 2. The lowest BCUT2D eigenvalue weighted by Gasteiger charge is -2.23. The van der Waals surface area contributed by atoms with E-state index < -0.39 is 36.1 Å². The van der Waals surface area contributed by atoms with Crippen molar-refractivity contribution in [2.75, 3.05) is 12.3 Å². The molecule has 7 nitrogen and oxygen atoms in total. The highest BCUT2D eigenvalue weighted by atomic mass is 19.3. The fourth-order valence-electron chi connectivity index (χ4n) is 3.61. The second kappa shape index (κ2) is 8.75. The summed E-state index contributed by atoms with van der Waals surface area (Å²) in [7, 11) is 0. The highest BCUT2D eigenvalue weighted by Crippen LogP contribution is 2.32. The van der Waals surface area contributed by atoms with Crippen LogP contribution in [0, 0.1) is 18.6 Å². The molecule has 1 unspecified atom stereocenters. The first kappa shape index (κ1) is 23.2. The number of nitrogens with one attached hydrogen (secondary N) is 1. The number of nitrogens with two attached hydrogens (primary N) is 1. The lowest BCUT2D eigenvalue weighted by molar-refractivity contribution is -0.106. The SMILES string of the molecule is Cc1c(C(=O)NCC(F)(F)C(O)c2ccc(F)cc2)ccc(F)c1-c1ccn2nc(N)nc2c1. The lowest BCUT2D eigenvalue weighted by atomic mass is 9.95. The van der Waals surface area contributed by atoms with E-state index in [0.717, 1.165) is 30.3 Å². The highest BCUT2D eigenvalue weighted by molar-refractivity contribution is 5.97. The van der Waals surface area contributed by atoms with Gasteiger partial charge >= 0.3 is 0 Å². The Kier molecular flexibility index (Phi) is 5.96. The molecular formula is C23H19F4N5O2. The van der Waals surface area contributed by atoms with E-state index in [2.05, 4.69) is 15.4 Å². The number of nitrogen functional groups attached to an aromatic ring is 1. The normalized spacial score (nSPS) is 12.6. The summed E-state index contributed by atoms with van der Waals surface area (Å²) in [5.74, 6) is -5.85. The van der Waals surface area contributed by atoms with Crippen LogP contribution in [0.4, 0.5) is 23.5 Å². The Balaban J connectivity index is 1.57. The molecule has 11 heteroatoms. The van der Waals surface area contributed by atoms with E-state index >= 15 is 0 Å². The van der Waals surface area contributed by atoms with Gasteiger partial charge in [0, 0.05) is 17.3 Å². The molecule has 4 rings (SSSR count). The van der Waals surface area contributed by atoms with Gasteiger partial charge < -0.3 is 16.2 Å². The molecule has 0 spiro atoms. The van der Waals surface area contributed by atoms with Crippen molar-refractivity contribution in [2.24, 2.45) is 0 Å². The van der Waals surface area contributed by atoms with Gasteiger partial charge in [0.2, 0.25) is 5.95 Å². The van der Waals surface area contributed by atoms with Crippen molar-refractivity contribution >= 4 is 17.5 Å². The van der Waals surface area contributed by atoms with Crippen molar-refractivity contribution in [1.29, 1.82) is 0 Å². The van der Waals surface area contributed by atoms with E-state index in [4.69, 9.17) is 5.73 Å².